The second-order valence-corrected chi connectivity index (χ2v) is 7.96. The van der Waals surface area contributed by atoms with Gasteiger partial charge in [0.15, 0.2) is 11.5 Å². The van der Waals surface area contributed by atoms with E-state index >= 15 is 0 Å². The van der Waals surface area contributed by atoms with Crippen molar-refractivity contribution in [3.05, 3.63) is 35.7 Å². The minimum Gasteiger partial charge on any atom is -0.491 e. The lowest BCUT2D eigenvalue weighted by Crippen LogP contribution is -2.41. The van der Waals surface area contributed by atoms with Crippen molar-refractivity contribution in [2.45, 2.75) is 13.3 Å². The van der Waals surface area contributed by atoms with Crippen molar-refractivity contribution in [3.8, 4) is 11.5 Å². The van der Waals surface area contributed by atoms with E-state index in [0.29, 0.717) is 24.7 Å². The van der Waals surface area contributed by atoms with Gasteiger partial charge in [-0.15, -0.1) is 0 Å². The number of morpholine rings is 1. The Morgan fingerprint density at radius 1 is 1.28 bits per heavy atom. The summed E-state index contributed by atoms with van der Waals surface area (Å²) in [6.45, 7) is 10.5. The molecule has 12 heteroatoms. The zero-order valence-electron chi connectivity index (χ0n) is 20.7. The van der Waals surface area contributed by atoms with Gasteiger partial charge < -0.3 is 30.2 Å². The Morgan fingerprint density at radius 2 is 2.00 bits per heavy atom. The highest BCUT2D eigenvalue weighted by atomic mass is 16.5. The van der Waals surface area contributed by atoms with Crippen molar-refractivity contribution < 1.29 is 23.8 Å². The topological polar surface area (TPSA) is 144 Å². The molecule has 1 saturated heterocycles. The van der Waals surface area contributed by atoms with E-state index in [-0.39, 0.29) is 35.3 Å². The number of nitrogens with zero attached hydrogens (tertiary/aromatic N) is 5. The van der Waals surface area contributed by atoms with E-state index in [1.807, 2.05) is 0 Å². The first-order valence-corrected chi connectivity index (χ1v) is 11.7. The molecular weight excluding hydrogens is 466 g/mol. The van der Waals surface area contributed by atoms with E-state index in [4.69, 9.17) is 19.9 Å². The van der Waals surface area contributed by atoms with Crippen molar-refractivity contribution in [3.63, 3.8) is 0 Å². The SMILES string of the molecule is C=Nc1c(C(=O)N(CC)CNC(=O)c2cnc(N)nc2)ccc(OCCCN2CCOCC2)c1OC. The minimum atomic E-state index is -0.429. The lowest BCUT2D eigenvalue weighted by molar-refractivity contribution is 0.0357. The maximum Gasteiger partial charge on any atom is 0.257 e. The second kappa shape index (κ2) is 13.4. The Balaban J connectivity index is 1.64. The Morgan fingerprint density at radius 3 is 2.64 bits per heavy atom. The summed E-state index contributed by atoms with van der Waals surface area (Å²) in [7, 11) is 1.49. The third-order valence-corrected chi connectivity index (χ3v) is 5.70. The number of nitrogen functional groups attached to an aromatic ring is 1. The molecule has 1 aromatic heterocycles. The summed E-state index contributed by atoms with van der Waals surface area (Å²) < 4.78 is 16.9. The van der Waals surface area contributed by atoms with Crippen LogP contribution < -0.4 is 20.5 Å². The molecule has 36 heavy (non-hydrogen) atoms. The molecule has 1 aliphatic heterocycles. The highest BCUT2D eigenvalue weighted by Crippen LogP contribution is 2.40. The number of benzene rings is 1. The van der Waals surface area contributed by atoms with E-state index < -0.39 is 5.91 Å². The molecule has 3 N–H and O–H groups in total. The van der Waals surface area contributed by atoms with Crippen molar-refractivity contribution in [2.75, 3.05) is 65.5 Å². The first kappa shape index (κ1) is 26.8. The molecule has 1 aliphatic rings. The third-order valence-electron chi connectivity index (χ3n) is 5.70. The average Bonchev–Trinajstić information content (AvgIpc) is 2.91. The van der Waals surface area contributed by atoms with Gasteiger partial charge in [-0.2, -0.15) is 0 Å². The molecule has 0 atom stereocenters. The number of carbonyl (C=O) groups is 2. The smallest absolute Gasteiger partial charge is 0.257 e. The summed E-state index contributed by atoms with van der Waals surface area (Å²) in [5, 5.41) is 2.69. The van der Waals surface area contributed by atoms with Crippen LogP contribution in [0.15, 0.2) is 29.5 Å². The first-order valence-electron chi connectivity index (χ1n) is 11.7. The molecule has 0 aliphatic carbocycles. The number of methoxy groups -OCH3 is 1. The zero-order valence-corrected chi connectivity index (χ0v) is 20.7. The standard InChI is InChI=1S/C24H33N7O5/c1-4-31(16-29-22(32)17-14-27-24(25)28-15-17)23(33)18-6-7-19(21(34-3)20(18)26-2)36-11-5-8-30-9-12-35-13-10-30/h6-7,14-15H,2,4-5,8-13,16H2,1,3H3,(H,29,32)(H2,25,27,28). The van der Waals surface area contributed by atoms with Crippen LogP contribution in [0.1, 0.15) is 34.1 Å². The molecule has 3 rings (SSSR count). The molecule has 0 saturated carbocycles. The number of anilines is 1. The van der Waals surface area contributed by atoms with Crippen molar-refractivity contribution in [1.82, 2.24) is 25.1 Å². The van der Waals surface area contributed by atoms with Crippen molar-refractivity contribution >= 4 is 30.2 Å². The van der Waals surface area contributed by atoms with Crippen LogP contribution in [0.4, 0.5) is 11.6 Å². The summed E-state index contributed by atoms with van der Waals surface area (Å²) in [6.07, 6.45) is 3.48. The molecule has 0 spiro atoms. The van der Waals surface area contributed by atoms with Crippen LogP contribution in [0, 0.1) is 0 Å². The van der Waals surface area contributed by atoms with E-state index in [1.165, 1.54) is 24.4 Å². The fourth-order valence-electron chi connectivity index (χ4n) is 3.71. The molecule has 1 aromatic carbocycles. The Kier molecular flexibility index (Phi) is 9.95. The van der Waals surface area contributed by atoms with Gasteiger partial charge in [-0.05, 0) is 32.2 Å². The number of carbonyl (C=O) groups excluding carboxylic acids is 2. The molecule has 2 heterocycles. The monoisotopic (exact) mass is 499 g/mol. The largest absolute Gasteiger partial charge is 0.491 e. The number of aliphatic imine (C=N–C) groups is 1. The number of amides is 2. The summed E-state index contributed by atoms with van der Waals surface area (Å²) in [6, 6.07) is 3.32. The van der Waals surface area contributed by atoms with Gasteiger partial charge in [0.1, 0.15) is 5.69 Å². The van der Waals surface area contributed by atoms with Gasteiger partial charge in [0.25, 0.3) is 11.8 Å². The Hall–Kier alpha value is -3.77. The van der Waals surface area contributed by atoms with E-state index in [0.717, 1.165) is 39.3 Å². The molecule has 0 radical (unpaired) electrons. The van der Waals surface area contributed by atoms with Crippen LogP contribution >= 0.6 is 0 Å². The summed E-state index contributed by atoms with van der Waals surface area (Å²) >= 11 is 0. The van der Waals surface area contributed by atoms with Crippen LogP contribution in [-0.4, -0.2) is 98.1 Å². The second-order valence-electron chi connectivity index (χ2n) is 7.96. The van der Waals surface area contributed by atoms with E-state index in [2.05, 4.69) is 31.9 Å². The van der Waals surface area contributed by atoms with Gasteiger partial charge in [-0.25, -0.2) is 9.97 Å². The van der Waals surface area contributed by atoms with Gasteiger partial charge in [-0.1, -0.05) is 0 Å². The van der Waals surface area contributed by atoms with Crippen LogP contribution in [0.2, 0.25) is 0 Å². The van der Waals surface area contributed by atoms with Gasteiger partial charge in [-0.3, -0.25) is 19.5 Å². The maximum atomic E-state index is 13.3. The molecule has 2 aromatic rings. The van der Waals surface area contributed by atoms with Crippen molar-refractivity contribution in [1.29, 1.82) is 0 Å². The van der Waals surface area contributed by atoms with Gasteiger partial charge in [0.05, 0.1) is 44.7 Å². The molecule has 1 fully saturated rings. The molecule has 194 valence electrons. The van der Waals surface area contributed by atoms with E-state index in [1.54, 1.807) is 19.1 Å². The highest BCUT2D eigenvalue weighted by Gasteiger charge is 2.23. The molecule has 12 nitrogen and oxygen atoms in total. The van der Waals surface area contributed by atoms with Crippen LogP contribution in [0.25, 0.3) is 0 Å². The van der Waals surface area contributed by atoms with Crippen LogP contribution in [0.3, 0.4) is 0 Å². The number of nitrogens with two attached hydrogens (primary N) is 1. The van der Waals surface area contributed by atoms with Crippen LogP contribution in [0.5, 0.6) is 11.5 Å². The fourth-order valence-corrected chi connectivity index (χ4v) is 3.71. The highest BCUT2D eigenvalue weighted by molar-refractivity contribution is 6.01. The maximum absolute atomic E-state index is 13.3. The van der Waals surface area contributed by atoms with Gasteiger partial charge in [0.2, 0.25) is 5.95 Å². The van der Waals surface area contributed by atoms with E-state index in [9.17, 15) is 9.59 Å². The molecular formula is C24H33N7O5. The minimum absolute atomic E-state index is 0.0305. The number of ether oxygens (including phenoxy) is 3. The predicted molar refractivity (Wildman–Crippen MR) is 135 cm³/mol. The molecule has 2 amide bonds. The number of nitrogens with one attached hydrogen (secondary N) is 1. The van der Waals surface area contributed by atoms with Crippen molar-refractivity contribution in [2.24, 2.45) is 4.99 Å². The fraction of sp³-hybridized carbons (Fsp3) is 0.458. The van der Waals surface area contributed by atoms with Gasteiger partial charge >= 0.3 is 0 Å². The van der Waals surface area contributed by atoms with Crippen LogP contribution in [-0.2, 0) is 4.74 Å². The summed E-state index contributed by atoms with van der Waals surface area (Å²) in [5.74, 6) is 0.118. The number of rotatable bonds is 12. The van der Waals surface area contributed by atoms with Gasteiger partial charge in [0, 0.05) is 38.6 Å². The molecule has 0 bridgehead atoms. The third kappa shape index (κ3) is 6.89. The summed E-state index contributed by atoms with van der Waals surface area (Å²) in [5.41, 5.74) is 6.26. The quantitative estimate of drug-likeness (QED) is 0.251. The predicted octanol–water partition coefficient (Wildman–Crippen LogP) is 1.35. The number of aromatic nitrogens is 2. The normalized spacial score (nSPS) is 13.6. The number of hydrogen-bond donors (Lipinski definition) is 2. The lowest BCUT2D eigenvalue weighted by Gasteiger charge is -2.26. The average molecular weight is 500 g/mol. The summed E-state index contributed by atoms with van der Waals surface area (Å²) in [4.78, 5) is 41.1. The molecule has 0 unspecified atom stereocenters. The Bertz CT molecular complexity index is 1040. The Labute approximate surface area is 210 Å². The zero-order chi connectivity index (χ0) is 25.9. The number of hydrogen-bond acceptors (Lipinski definition) is 10. The lowest BCUT2D eigenvalue weighted by atomic mass is 10.1. The first-order chi connectivity index (χ1) is 17.5.